The van der Waals surface area contributed by atoms with E-state index in [4.69, 9.17) is 4.74 Å². The number of thiophene rings is 1. The highest BCUT2D eigenvalue weighted by Crippen LogP contribution is 2.29. The van der Waals surface area contributed by atoms with Gasteiger partial charge in [0.25, 0.3) is 5.91 Å². The van der Waals surface area contributed by atoms with Crippen molar-refractivity contribution in [1.82, 2.24) is 5.32 Å². The molecule has 4 nitrogen and oxygen atoms in total. The van der Waals surface area contributed by atoms with Crippen LogP contribution in [0.4, 0.5) is 0 Å². The van der Waals surface area contributed by atoms with Crippen LogP contribution in [0.2, 0.25) is 0 Å². The lowest BCUT2D eigenvalue weighted by molar-refractivity contribution is -0.125. The van der Waals surface area contributed by atoms with Crippen LogP contribution in [0.15, 0.2) is 12.1 Å². The molecule has 116 valence electrons. The van der Waals surface area contributed by atoms with E-state index in [2.05, 4.69) is 19.2 Å². The number of amides is 1. The maximum Gasteiger partial charge on any atom is 0.348 e. The summed E-state index contributed by atoms with van der Waals surface area (Å²) in [7, 11) is 0. The van der Waals surface area contributed by atoms with Crippen LogP contribution in [0.5, 0.6) is 0 Å². The summed E-state index contributed by atoms with van der Waals surface area (Å²) in [5.74, 6) is 0.468. The van der Waals surface area contributed by atoms with E-state index < -0.39 is 5.97 Å². The van der Waals surface area contributed by atoms with Gasteiger partial charge in [-0.15, -0.1) is 11.3 Å². The van der Waals surface area contributed by atoms with Crippen molar-refractivity contribution in [3.8, 4) is 0 Å². The molecule has 2 rings (SSSR count). The van der Waals surface area contributed by atoms with Gasteiger partial charge in [0.05, 0.1) is 0 Å². The number of carbonyl (C=O) groups excluding carboxylic acids is 2. The Labute approximate surface area is 129 Å². The second kappa shape index (κ2) is 7.07. The second-order valence-corrected chi connectivity index (χ2v) is 7.22. The van der Waals surface area contributed by atoms with Crippen molar-refractivity contribution in [1.29, 1.82) is 0 Å². The molecule has 0 aliphatic heterocycles. The van der Waals surface area contributed by atoms with E-state index in [1.807, 2.05) is 13.0 Å². The van der Waals surface area contributed by atoms with E-state index in [1.165, 1.54) is 17.8 Å². The van der Waals surface area contributed by atoms with Crippen molar-refractivity contribution in [2.75, 3.05) is 6.61 Å². The first-order valence-electron chi connectivity index (χ1n) is 7.50. The molecule has 1 aliphatic rings. The third-order valence-corrected chi connectivity index (χ3v) is 5.31. The lowest BCUT2D eigenvalue weighted by Crippen LogP contribution is -2.45. The molecule has 0 radical (unpaired) electrons. The monoisotopic (exact) mass is 309 g/mol. The van der Waals surface area contributed by atoms with Crippen LogP contribution >= 0.6 is 11.3 Å². The molecule has 5 heteroatoms. The van der Waals surface area contributed by atoms with Crippen LogP contribution in [-0.4, -0.2) is 24.5 Å². The molecule has 0 unspecified atom stereocenters. The van der Waals surface area contributed by atoms with Crippen LogP contribution in [0.3, 0.4) is 0 Å². The quantitative estimate of drug-likeness (QED) is 0.869. The zero-order valence-corrected chi connectivity index (χ0v) is 13.7. The molecule has 1 aromatic rings. The van der Waals surface area contributed by atoms with Gasteiger partial charge >= 0.3 is 5.97 Å². The summed E-state index contributed by atoms with van der Waals surface area (Å²) in [6, 6.07) is 3.79. The largest absolute Gasteiger partial charge is 0.451 e. The fraction of sp³-hybridized carbons (Fsp3) is 0.625. The summed E-state index contributed by atoms with van der Waals surface area (Å²) in [6.07, 6.45) is 3.38. The Morgan fingerprint density at radius 2 is 2.10 bits per heavy atom. The molecule has 1 aliphatic carbocycles. The smallest absolute Gasteiger partial charge is 0.348 e. The first-order valence-corrected chi connectivity index (χ1v) is 8.32. The van der Waals surface area contributed by atoms with Crippen molar-refractivity contribution >= 4 is 23.2 Å². The van der Waals surface area contributed by atoms with Crippen molar-refractivity contribution < 1.29 is 14.3 Å². The molecule has 0 spiro atoms. The fourth-order valence-corrected chi connectivity index (χ4v) is 3.54. The molecule has 3 atom stereocenters. The molecule has 0 aromatic carbocycles. The third-order valence-electron chi connectivity index (χ3n) is 4.33. The molecule has 1 N–H and O–H groups in total. The fourth-order valence-electron chi connectivity index (χ4n) is 2.78. The van der Waals surface area contributed by atoms with Crippen molar-refractivity contribution in [3.05, 3.63) is 21.9 Å². The highest BCUT2D eigenvalue weighted by Gasteiger charge is 2.28. The van der Waals surface area contributed by atoms with Gasteiger partial charge in [0.1, 0.15) is 4.88 Å². The molecule has 1 amide bonds. The summed E-state index contributed by atoms with van der Waals surface area (Å²) in [6.45, 7) is 6.13. The van der Waals surface area contributed by atoms with Crippen LogP contribution in [0.25, 0.3) is 0 Å². The van der Waals surface area contributed by atoms with E-state index in [0.29, 0.717) is 16.7 Å². The minimum atomic E-state index is -0.423. The first kappa shape index (κ1) is 16.0. The van der Waals surface area contributed by atoms with Gasteiger partial charge in [0.15, 0.2) is 6.61 Å². The van der Waals surface area contributed by atoms with Gasteiger partial charge in [0.2, 0.25) is 0 Å². The van der Waals surface area contributed by atoms with Crippen LogP contribution in [0.1, 0.15) is 47.7 Å². The van der Waals surface area contributed by atoms with Gasteiger partial charge in [-0.25, -0.2) is 4.79 Å². The average Bonchev–Trinajstić information content (AvgIpc) is 2.88. The molecular formula is C16H23NO3S. The topological polar surface area (TPSA) is 55.4 Å². The molecular weight excluding hydrogens is 286 g/mol. The maximum atomic E-state index is 11.9. The predicted molar refractivity (Wildman–Crippen MR) is 83.4 cm³/mol. The molecule has 21 heavy (non-hydrogen) atoms. The molecule has 1 aromatic heterocycles. The van der Waals surface area contributed by atoms with E-state index in [0.717, 1.165) is 17.7 Å². The number of rotatable bonds is 4. The van der Waals surface area contributed by atoms with E-state index in [-0.39, 0.29) is 18.6 Å². The Hall–Kier alpha value is -1.36. The van der Waals surface area contributed by atoms with Crippen LogP contribution in [-0.2, 0) is 9.53 Å². The van der Waals surface area contributed by atoms with Gasteiger partial charge in [0, 0.05) is 10.9 Å². The normalized spacial score (nSPS) is 25.4. The van der Waals surface area contributed by atoms with Gasteiger partial charge in [-0.2, -0.15) is 0 Å². The minimum absolute atomic E-state index is 0.198. The predicted octanol–water partition coefficient (Wildman–Crippen LogP) is 3.15. The second-order valence-electron chi connectivity index (χ2n) is 5.93. The van der Waals surface area contributed by atoms with Crippen molar-refractivity contribution in [2.45, 2.75) is 46.1 Å². The number of aryl methyl sites for hydroxylation is 1. The Morgan fingerprint density at radius 1 is 1.33 bits per heavy atom. The molecule has 1 heterocycles. The number of esters is 1. The van der Waals surface area contributed by atoms with Crippen LogP contribution < -0.4 is 5.32 Å². The lowest BCUT2D eigenvalue weighted by atomic mass is 9.78. The summed E-state index contributed by atoms with van der Waals surface area (Å²) in [5, 5.41) is 3.00. The number of hydrogen-bond acceptors (Lipinski definition) is 4. The van der Waals surface area contributed by atoms with E-state index in [9.17, 15) is 9.59 Å². The van der Waals surface area contributed by atoms with Crippen LogP contribution in [0, 0.1) is 18.8 Å². The van der Waals surface area contributed by atoms with Gasteiger partial charge < -0.3 is 10.1 Å². The average molecular weight is 309 g/mol. The van der Waals surface area contributed by atoms with E-state index in [1.54, 1.807) is 6.07 Å². The third kappa shape index (κ3) is 4.30. The summed E-state index contributed by atoms with van der Waals surface area (Å²) in [4.78, 5) is 25.3. The Morgan fingerprint density at radius 3 is 2.76 bits per heavy atom. The Bertz CT molecular complexity index is 511. The van der Waals surface area contributed by atoms with Gasteiger partial charge in [-0.1, -0.05) is 26.7 Å². The molecule has 0 saturated heterocycles. The Balaban J connectivity index is 1.78. The molecule has 0 bridgehead atoms. The lowest BCUT2D eigenvalue weighted by Gasteiger charge is -2.34. The van der Waals surface area contributed by atoms with E-state index >= 15 is 0 Å². The molecule has 1 saturated carbocycles. The zero-order chi connectivity index (χ0) is 15.4. The number of ether oxygens (including phenoxy) is 1. The standard InChI is InChI=1S/C16H23NO3S/c1-10-5-4-6-13(12(10)3)17-15(18)9-20-16(19)14-8-7-11(2)21-14/h7-8,10,12-13H,4-6,9H2,1-3H3,(H,17,18)/t10-,12-,13+/m0/s1. The minimum Gasteiger partial charge on any atom is -0.451 e. The van der Waals surface area contributed by atoms with Gasteiger partial charge in [-0.05, 0) is 37.3 Å². The maximum absolute atomic E-state index is 11.9. The summed E-state index contributed by atoms with van der Waals surface area (Å²) >= 11 is 1.38. The number of carbonyl (C=O) groups is 2. The zero-order valence-electron chi connectivity index (χ0n) is 12.8. The highest BCUT2D eigenvalue weighted by atomic mass is 32.1. The highest BCUT2D eigenvalue weighted by molar-refractivity contribution is 7.13. The number of hydrogen-bond donors (Lipinski definition) is 1. The summed E-state index contributed by atoms with van der Waals surface area (Å²) in [5.41, 5.74) is 0. The molecule has 1 fully saturated rings. The summed E-state index contributed by atoms with van der Waals surface area (Å²) < 4.78 is 5.07. The SMILES string of the molecule is Cc1ccc(C(=O)OCC(=O)N[C@@H]2CCC[C@H](C)[C@@H]2C)s1. The number of nitrogens with one attached hydrogen (secondary N) is 1. The van der Waals surface area contributed by atoms with Gasteiger partial charge in [-0.3, -0.25) is 4.79 Å². The van der Waals surface area contributed by atoms with Crippen molar-refractivity contribution in [3.63, 3.8) is 0 Å². The first-order chi connectivity index (χ1) is 9.97. The Kier molecular flexibility index (Phi) is 5.39. The van der Waals surface area contributed by atoms with Crippen molar-refractivity contribution in [2.24, 2.45) is 11.8 Å².